The number of methoxy groups -OCH3 is 1. The van der Waals surface area contributed by atoms with Crippen molar-refractivity contribution in [1.29, 1.82) is 0 Å². The molecule has 2 fully saturated rings. The molecule has 1 aliphatic carbocycles. The zero-order valence-electron chi connectivity index (χ0n) is 13.3. The molecule has 0 radical (unpaired) electrons. The predicted molar refractivity (Wildman–Crippen MR) is 83.9 cm³/mol. The van der Waals surface area contributed by atoms with Gasteiger partial charge in [-0.25, -0.2) is 0 Å². The van der Waals surface area contributed by atoms with Gasteiger partial charge in [0.15, 0.2) is 0 Å². The fraction of sp³-hybridized carbons (Fsp3) is 0.529. The van der Waals surface area contributed by atoms with Crippen molar-refractivity contribution >= 4 is 11.8 Å². The molecule has 124 valence electrons. The number of rotatable bonds is 5. The molecule has 1 saturated heterocycles. The first kappa shape index (κ1) is 15.8. The molecular formula is C17H22N2O4. The van der Waals surface area contributed by atoms with Crippen LogP contribution >= 0.6 is 0 Å². The lowest BCUT2D eigenvalue weighted by molar-refractivity contribution is -0.148. The van der Waals surface area contributed by atoms with Gasteiger partial charge in [0.1, 0.15) is 11.2 Å². The van der Waals surface area contributed by atoms with Crippen LogP contribution in [0.2, 0.25) is 0 Å². The first-order valence-corrected chi connectivity index (χ1v) is 7.89. The summed E-state index contributed by atoms with van der Waals surface area (Å²) in [6.45, 7) is 1.49. The first-order valence-electron chi connectivity index (χ1n) is 7.89. The van der Waals surface area contributed by atoms with Crippen LogP contribution in [0.1, 0.15) is 18.4 Å². The van der Waals surface area contributed by atoms with E-state index in [9.17, 15) is 9.59 Å². The van der Waals surface area contributed by atoms with E-state index in [0.29, 0.717) is 39.0 Å². The number of amides is 2. The average Bonchev–Trinajstić information content (AvgIpc) is 3.36. The van der Waals surface area contributed by atoms with Gasteiger partial charge in [-0.3, -0.25) is 9.59 Å². The number of benzene rings is 1. The van der Waals surface area contributed by atoms with E-state index in [1.54, 1.807) is 12.0 Å². The van der Waals surface area contributed by atoms with Crippen LogP contribution in [0.3, 0.4) is 0 Å². The molecule has 1 saturated carbocycles. The van der Waals surface area contributed by atoms with Crippen molar-refractivity contribution in [3.8, 4) is 5.75 Å². The third-order valence-electron chi connectivity index (χ3n) is 4.65. The molecule has 6 heteroatoms. The van der Waals surface area contributed by atoms with E-state index >= 15 is 0 Å². The van der Waals surface area contributed by atoms with Gasteiger partial charge in [0.05, 0.1) is 19.8 Å². The van der Waals surface area contributed by atoms with E-state index in [1.807, 2.05) is 24.3 Å². The van der Waals surface area contributed by atoms with Crippen LogP contribution in [0, 0.1) is 5.41 Å². The molecule has 1 atom stereocenters. The molecule has 0 aromatic heterocycles. The lowest BCUT2D eigenvalue weighted by atomic mass is 10.0. The number of ether oxygens (including phenoxy) is 2. The molecular weight excluding hydrogens is 296 g/mol. The van der Waals surface area contributed by atoms with Crippen molar-refractivity contribution in [2.75, 3.05) is 26.8 Å². The molecule has 0 spiro atoms. The molecule has 1 aliphatic heterocycles. The van der Waals surface area contributed by atoms with Crippen molar-refractivity contribution in [2.24, 2.45) is 11.1 Å². The fourth-order valence-electron chi connectivity index (χ4n) is 3.08. The molecule has 0 bridgehead atoms. The van der Waals surface area contributed by atoms with E-state index in [2.05, 4.69) is 0 Å². The number of nitrogens with zero attached hydrogens (tertiary/aromatic N) is 1. The lowest BCUT2D eigenvalue weighted by Crippen LogP contribution is -2.51. The molecule has 0 unspecified atom stereocenters. The maximum absolute atomic E-state index is 12.6. The van der Waals surface area contributed by atoms with E-state index in [-0.39, 0.29) is 12.0 Å². The third-order valence-corrected chi connectivity index (χ3v) is 4.65. The molecule has 1 aromatic carbocycles. The van der Waals surface area contributed by atoms with Gasteiger partial charge in [-0.15, -0.1) is 0 Å². The monoisotopic (exact) mass is 318 g/mol. The highest BCUT2D eigenvalue weighted by molar-refractivity contribution is 6.07. The van der Waals surface area contributed by atoms with Gasteiger partial charge in [0.25, 0.3) is 0 Å². The van der Waals surface area contributed by atoms with Crippen molar-refractivity contribution in [3.63, 3.8) is 0 Å². The first-order chi connectivity index (χ1) is 11.0. The van der Waals surface area contributed by atoms with E-state index in [0.717, 1.165) is 11.3 Å². The van der Waals surface area contributed by atoms with Gasteiger partial charge in [0.2, 0.25) is 11.8 Å². The summed E-state index contributed by atoms with van der Waals surface area (Å²) in [5.41, 5.74) is 5.55. The molecule has 2 amide bonds. The van der Waals surface area contributed by atoms with Gasteiger partial charge < -0.3 is 20.1 Å². The molecule has 23 heavy (non-hydrogen) atoms. The van der Waals surface area contributed by atoms with Gasteiger partial charge >= 0.3 is 0 Å². The van der Waals surface area contributed by atoms with Crippen LogP contribution in [-0.4, -0.2) is 49.6 Å². The third kappa shape index (κ3) is 3.17. The Hall–Kier alpha value is -2.08. The highest BCUT2D eigenvalue weighted by atomic mass is 16.5. The van der Waals surface area contributed by atoms with Crippen LogP contribution in [0.25, 0.3) is 0 Å². The Labute approximate surface area is 135 Å². The minimum Gasteiger partial charge on any atom is -0.497 e. The Kier molecular flexibility index (Phi) is 4.26. The molecule has 3 rings (SSSR count). The molecule has 1 heterocycles. The maximum atomic E-state index is 12.6. The summed E-state index contributed by atoms with van der Waals surface area (Å²) in [6.07, 6.45) is 1.76. The lowest BCUT2D eigenvalue weighted by Gasteiger charge is -2.34. The predicted octanol–water partition coefficient (Wildman–Crippen LogP) is 0.731. The summed E-state index contributed by atoms with van der Waals surface area (Å²) in [5, 5.41) is 0. The normalized spacial score (nSPS) is 22.5. The van der Waals surface area contributed by atoms with Crippen LogP contribution in [0.5, 0.6) is 5.75 Å². The standard InChI is InChI=1S/C17H22N2O4/c1-22-13-4-2-3-12(9-13)10-14-11-19(7-8-23-14)16(21)17(5-6-17)15(18)20/h2-4,9,14H,5-8,10-11H2,1H3,(H2,18,20)/t14-/m0/s1. The second-order valence-corrected chi connectivity index (χ2v) is 6.25. The zero-order valence-corrected chi connectivity index (χ0v) is 13.3. The summed E-state index contributed by atoms with van der Waals surface area (Å²) in [4.78, 5) is 25.8. The van der Waals surface area contributed by atoms with Crippen molar-refractivity contribution < 1.29 is 19.1 Å². The van der Waals surface area contributed by atoms with Crippen molar-refractivity contribution in [3.05, 3.63) is 29.8 Å². The molecule has 1 aromatic rings. The van der Waals surface area contributed by atoms with E-state index in [4.69, 9.17) is 15.2 Å². The number of primary amides is 1. The summed E-state index contributed by atoms with van der Waals surface area (Å²) in [6, 6.07) is 7.81. The number of hydrogen-bond acceptors (Lipinski definition) is 4. The van der Waals surface area contributed by atoms with Gasteiger partial charge in [-0.2, -0.15) is 0 Å². The molecule has 6 nitrogen and oxygen atoms in total. The summed E-state index contributed by atoms with van der Waals surface area (Å²) < 4.78 is 11.0. The van der Waals surface area contributed by atoms with Gasteiger partial charge in [-0.05, 0) is 30.5 Å². The van der Waals surface area contributed by atoms with Gasteiger partial charge in [0, 0.05) is 19.5 Å². The summed E-state index contributed by atoms with van der Waals surface area (Å²) in [7, 11) is 1.63. The number of carbonyl (C=O) groups is 2. The topological polar surface area (TPSA) is 81.9 Å². The van der Waals surface area contributed by atoms with Crippen LogP contribution in [0.4, 0.5) is 0 Å². The highest BCUT2D eigenvalue weighted by Crippen LogP contribution is 2.47. The minimum absolute atomic E-state index is 0.0801. The Morgan fingerprint density at radius 1 is 1.43 bits per heavy atom. The number of carbonyl (C=O) groups excluding carboxylic acids is 2. The smallest absolute Gasteiger partial charge is 0.238 e. The van der Waals surface area contributed by atoms with E-state index in [1.165, 1.54) is 0 Å². The number of nitrogens with two attached hydrogens (primary N) is 1. The Balaban J connectivity index is 1.64. The number of hydrogen-bond donors (Lipinski definition) is 1. The maximum Gasteiger partial charge on any atom is 0.238 e. The minimum atomic E-state index is -0.947. The van der Waals surface area contributed by atoms with Crippen molar-refractivity contribution in [2.45, 2.75) is 25.4 Å². The van der Waals surface area contributed by atoms with E-state index < -0.39 is 11.3 Å². The largest absolute Gasteiger partial charge is 0.497 e. The molecule has 2 N–H and O–H groups in total. The SMILES string of the molecule is COc1cccc(C[C@H]2CN(C(=O)C3(C(N)=O)CC3)CCO2)c1. The zero-order chi connectivity index (χ0) is 16.4. The fourth-order valence-corrected chi connectivity index (χ4v) is 3.08. The van der Waals surface area contributed by atoms with Crippen molar-refractivity contribution in [1.82, 2.24) is 4.90 Å². The molecule has 2 aliphatic rings. The summed E-state index contributed by atoms with van der Waals surface area (Å²) in [5.74, 6) is 0.166. The average molecular weight is 318 g/mol. The second-order valence-electron chi connectivity index (χ2n) is 6.25. The Morgan fingerprint density at radius 2 is 2.22 bits per heavy atom. The highest BCUT2D eigenvalue weighted by Gasteiger charge is 2.57. The Bertz CT molecular complexity index is 612. The van der Waals surface area contributed by atoms with Crippen LogP contribution < -0.4 is 10.5 Å². The van der Waals surface area contributed by atoms with Gasteiger partial charge in [-0.1, -0.05) is 12.1 Å². The quantitative estimate of drug-likeness (QED) is 0.812. The number of morpholine rings is 1. The summed E-state index contributed by atoms with van der Waals surface area (Å²) >= 11 is 0. The van der Waals surface area contributed by atoms with Crippen LogP contribution in [-0.2, 0) is 20.7 Å². The Morgan fingerprint density at radius 3 is 2.87 bits per heavy atom. The second kappa shape index (κ2) is 6.20. The van der Waals surface area contributed by atoms with Crippen LogP contribution in [0.15, 0.2) is 24.3 Å².